The quantitative estimate of drug-likeness (QED) is 0.269. The summed E-state index contributed by atoms with van der Waals surface area (Å²) in [6, 6.07) is 0. The molecule has 5 aliphatic carbocycles. The summed E-state index contributed by atoms with van der Waals surface area (Å²) in [5.41, 5.74) is 0.810. The van der Waals surface area contributed by atoms with E-state index in [1.54, 1.807) is 13.8 Å². The molecule has 0 saturated heterocycles. The van der Waals surface area contributed by atoms with E-state index in [2.05, 4.69) is 67.5 Å². The molecule has 0 spiro atoms. The van der Waals surface area contributed by atoms with Gasteiger partial charge in [-0.3, -0.25) is 9.59 Å². The second kappa shape index (κ2) is 8.59. The Morgan fingerprint density at radius 1 is 0.684 bits per heavy atom. The number of carbonyl (C=O) groups excluding carboxylic acids is 2. The van der Waals surface area contributed by atoms with E-state index in [4.69, 9.17) is 9.47 Å². The van der Waals surface area contributed by atoms with Gasteiger partial charge in [-0.15, -0.1) is 0 Å². The van der Waals surface area contributed by atoms with Crippen LogP contribution in [0.1, 0.15) is 121 Å². The Bertz CT molecular complexity index is 1030. The zero-order valence-corrected chi connectivity index (χ0v) is 25.9. The highest BCUT2D eigenvalue weighted by Gasteiger charge is 2.70. The fourth-order valence-electron chi connectivity index (χ4n) is 11.5. The molecular formula is C34H54O4. The van der Waals surface area contributed by atoms with E-state index >= 15 is 0 Å². The molecule has 0 aromatic carbocycles. The number of ether oxygens (including phenoxy) is 2. The Morgan fingerprint density at radius 2 is 1.32 bits per heavy atom. The minimum Gasteiger partial charge on any atom is -0.462 e. The van der Waals surface area contributed by atoms with Crippen LogP contribution in [0.5, 0.6) is 0 Å². The first kappa shape index (κ1) is 28.2. The van der Waals surface area contributed by atoms with E-state index in [0.29, 0.717) is 23.7 Å². The molecular weight excluding hydrogens is 472 g/mol. The number of hydrogen-bond donors (Lipinski definition) is 0. The van der Waals surface area contributed by atoms with Crippen molar-refractivity contribution in [3.63, 3.8) is 0 Å². The molecule has 0 bridgehead atoms. The van der Waals surface area contributed by atoms with Crippen LogP contribution < -0.4 is 0 Å². The molecule has 4 fully saturated rings. The topological polar surface area (TPSA) is 52.6 Å². The summed E-state index contributed by atoms with van der Waals surface area (Å²) in [6.07, 6.45) is 14.3. The molecule has 0 aliphatic heterocycles. The Morgan fingerprint density at radius 3 is 1.95 bits per heavy atom. The van der Waals surface area contributed by atoms with E-state index in [0.717, 1.165) is 25.7 Å². The standard InChI is InChI=1S/C34H54O4/c1-21(35)37-27-14-15-32(8)25(30(27,5)6)13-16-34(10)26(32)12-11-23-24-19-29(3,4)20-28(38-22(2)36)31(24,7)17-18-33(23,34)9/h11-12,23-28H,13-20H2,1-10H3/t23-,24+,25+,26-,27+,28-,31-,32+,33-,34-/m1/s1. The molecule has 0 radical (unpaired) electrons. The molecule has 4 saturated carbocycles. The molecule has 0 unspecified atom stereocenters. The third kappa shape index (κ3) is 3.80. The molecule has 5 rings (SSSR count). The van der Waals surface area contributed by atoms with Crippen LogP contribution in [-0.2, 0) is 19.1 Å². The first-order valence-electron chi connectivity index (χ1n) is 15.4. The molecule has 0 N–H and O–H groups in total. The van der Waals surface area contributed by atoms with Gasteiger partial charge < -0.3 is 9.47 Å². The zero-order chi connectivity index (χ0) is 28.1. The normalized spacial score (nSPS) is 50.5. The van der Waals surface area contributed by atoms with Crippen LogP contribution in [0.2, 0.25) is 0 Å². The predicted octanol–water partition coefficient (Wildman–Crippen LogP) is 8.14. The molecule has 4 nitrogen and oxygen atoms in total. The summed E-state index contributed by atoms with van der Waals surface area (Å²) >= 11 is 0. The molecule has 38 heavy (non-hydrogen) atoms. The average molecular weight is 527 g/mol. The van der Waals surface area contributed by atoms with Crippen molar-refractivity contribution < 1.29 is 19.1 Å². The van der Waals surface area contributed by atoms with E-state index in [1.165, 1.54) is 25.7 Å². The van der Waals surface area contributed by atoms with Gasteiger partial charge in [0, 0.05) is 24.7 Å². The Kier molecular flexibility index (Phi) is 6.38. The maximum atomic E-state index is 12.2. The predicted molar refractivity (Wildman–Crippen MR) is 151 cm³/mol. The van der Waals surface area contributed by atoms with Gasteiger partial charge in [0.05, 0.1) is 0 Å². The summed E-state index contributed by atoms with van der Waals surface area (Å²) in [7, 11) is 0. The van der Waals surface area contributed by atoms with Gasteiger partial charge in [-0.1, -0.05) is 67.5 Å². The minimum absolute atomic E-state index is 0.00263. The summed E-state index contributed by atoms with van der Waals surface area (Å²) in [5.74, 6) is 1.80. The fourth-order valence-corrected chi connectivity index (χ4v) is 11.5. The zero-order valence-electron chi connectivity index (χ0n) is 25.9. The van der Waals surface area contributed by atoms with Crippen molar-refractivity contribution in [1.82, 2.24) is 0 Å². The highest BCUT2D eigenvalue weighted by atomic mass is 16.5. The van der Waals surface area contributed by atoms with Crippen molar-refractivity contribution in [2.24, 2.45) is 56.2 Å². The molecule has 0 heterocycles. The molecule has 0 aromatic rings. The van der Waals surface area contributed by atoms with Crippen LogP contribution >= 0.6 is 0 Å². The second-order valence-electron chi connectivity index (χ2n) is 16.6. The van der Waals surface area contributed by atoms with Crippen LogP contribution in [0.15, 0.2) is 12.2 Å². The fraction of sp³-hybridized carbons (Fsp3) is 0.882. The molecule has 0 aromatic heterocycles. The lowest BCUT2D eigenvalue weighted by molar-refractivity contribution is -0.234. The first-order chi connectivity index (χ1) is 17.4. The average Bonchev–Trinajstić information content (AvgIpc) is 2.77. The van der Waals surface area contributed by atoms with Crippen molar-refractivity contribution >= 4 is 11.9 Å². The summed E-state index contributed by atoms with van der Waals surface area (Å²) in [6.45, 7) is 22.8. The summed E-state index contributed by atoms with van der Waals surface area (Å²) < 4.78 is 12.0. The molecule has 214 valence electrons. The smallest absolute Gasteiger partial charge is 0.302 e. The van der Waals surface area contributed by atoms with Gasteiger partial charge in [-0.05, 0) is 96.7 Å². The summed E-state index contributed by atoms with van der Waals surface area (Å²) in [5, 5.41) is 0. The van der Waals surface area contributed by atoms with Gasteiger partial charge in [-0.25, -0.2) is 0 Å². The monoisotopic (exact) mass is 526 g/mol. The maximum absolute atomic E-state index is 12.2. The molecule has 5 aliphatic rings. The Hall–Kier alpha value is -1.32. The highest BCUT2D eigenvalue weighted by Crippen LogP contribution is 2.75. The van der Waals surface area contributed by atoms with Crippen molar-refractivity contribution in [2.45, 2.75) is 133 Å². The second-order valence-corrected chi connectivity index (χ2v) is 16.6. The van der Waals surface area contributed by atoms with Crippen LogP contribution in [0, 0.1) is 56.2 Å². The number of hydrogen-bond acceptors (Lipinski definition) is 4. The van der Waals surface area contributed by atoms with Crippen molar-refractivity contribution in [3.8, 4) is 0 Å². The van der Waals surface area contributed by atoms with E-state index in [1.807, 2.05) is 0 Å². The number of rotatable bonds is 2. The SMILES string of the molecule is CC(=O)O[C@H]1CC[C@]2(C)[C@H]3C=C[C@@H]4[C@@H]5CC(C)(C)C[C@@H](OC(C)=O)[C@]5(C)CC[C@@]4(C)[C@]3(C)CC[C@H]2C1(C)C. The van der Waals surface area contributed by atoms with Gasteiger partial charge in [0.15, 0.2) is 0 Å². The van der Waals surface area contributed by atoms with Crippen LogP contribution in [0.4, 0.5) is 0 Å². The van der Waals surface area contributed by atoms with E-state index < -0.39 is 0 Å². The molecule has 10 atom stereocenters. The maximum Gasteiger partial charge on any atom is 0.302 e. The van der Waals surface area contributed by atoms with E-state index in [-0.39, 0.29) is 56.6 Å². The molecule has 0 amide bonds. The van der Waals surface area contributed by atoms with Crippen LogP contribution in [-0.4, -0.2) is 24.1 Å². The molecule has 4 heteroatoms. The largest absolute Gasteiger partial charge is 0.462 e. The first-order valence-corrected chi connectivity index (χ1v) is 15.4. The third-order valence-electron chi connectivity index (χ3n) is 13.7. The third-order valence-corrected chi connectivity index (χ3v) is 13.7. The van der Waals surface area contributed by atoms with Crippen LogP contribution in [0.3, 0.4) is 0 Å². The minimum atomic E-state index is -0.145. The van der Waals surface area contributed by atoms with Crippen molar-refractivity contribution in [1.29, 1.82) is 0 Å². The van der Waals surface area contributed by atoms with Gasteiger partial charge >= 0.3 is 11.9 Å². The lowest BCUT2D eigenvalue weighted by atomic mass is 9.33. The van der Waals surface area contributed by atoms with E-state index in [9.17, 15) is 9.59 Å². The number of fused-ring (bicyclic) bond motifs is 7. The van der Waals surface area contributed by atoms with Gasteiger partial charge in [-0.2, -0.15) is 0 Å². The Labute approximate surface area is 232 Å². The number of carbonyl (C=O) groups is 2. The van der Waals surface area contributed by atoms with Crippen LogP contribution in [0.25, 0.3) is 0 Å². The van der Waals surface area contributed by atoms with Crippen molar-refractivity contribution in [3.05, 3.63) is 12.2 Å². The van der Waals surface area contributed by atoms with Gasteiger partial charge in [0.2, 0.25) is 0 Å². The Balaban J connectivity index is 1.53. The lowest BCUT2D eigenvalue weighted by Crippen LogP contribution is -2.67. The number of esters is 2. The lowest BCUT2D eigenvalue weighted by Gasteiger charge is -2.72. The van der Waals surface area contributed by atoms with Gasteiger partial charge in [0.1, 0.15) is 12.2 Å². The highest BCUT2D eigenvalue weighted by molar-refractivity contribution is 5.66. The van der Waals surface area contributed by atoms with Gasteiger partial charge in [0.25, 0.3) is 0 Å². The van der Waals surface area contributed by atoms with Crippen molar-refractivity contribution in [2.75, 3.05) is 0 Å². The summed E-state index contributed by atoms with van der Waals surface area (Å²) in [4.78, 5) is 24.1. The number of allylic oxidation sites excluding steroid dienone is 2.